The maximum absolute atomic E-state index is 13.0. The third-order valence-corrected chi connectivity index (χ3v) is 5.46. The average Bonchev–Trinajstić information content (AvgIpc) is 3.33. The lowest BCUT2D eigenvalue weighted by Crippen LogP contribution is -2.19. The summed E-state index contributed by atoms with van der Waals surface area (Å²) in [7, 11) is 0. The summed E-state index contributed by atoms with van der Waals surface area (Å²) in [4.78, 5) is 13.0. The first kappa shape index (κ1) is 21.5. The third kappa shape index (κ3) is 4.85. The Morgan fingerprint density at radius 2 is 1.35 bits per heavy atom. The number of aromatic nitrogens is 2. The Morgan fingerprint density at radius 3 is 2.03 bits per heavy atom. The van der Waals surface area contributed by atoms with Crippen LogP contribution in [0.5, 0.6) is 11.5 Å². The van der Waals surface area contributed by atoms with Crippen LogP contribution in [0.25, 0.3) is 22.4 Å². The number of hydrogen-bond acceptors (Lipinski definition) is 3. The SMILES string of the molecule is O=C(Nc1ccc(Oc2ccccc2)cc1)n1cc(-c2ccc(Cl)cc2)c(-c2ccccc2)n1. The zero-order chi connectivity index (χ0) is 23.3. The van der Waals surface area contributed by atoms with Gasteiger partial charge in [-0.15, -0.1) is 0 Å². The van der Waals surface area contributed by atoms with Gasteiger partial charge < -0.3 is 10.1 Å². The molecule has 1 amide bonds. The lowest BCUT2D eigenvalue weighted by Gasteiger charge is -2.08. The molecule has 0 saturated carbocycles. The second kappa shape index (κ2) is 9.65. The van der Waals surface area contributed by atoms with Gasteiger partial charge in [-0.05, 0) is 54.1 Å². The molecule has 1 N–H and O–H groups in total. The standard InChI is InChI=1S/C28H20ClN3O2/c29-22-13-11-20(12-14-22)26-19-32(31-27(26)21-7-3-1-4-8-21)28(33)30-23-15-17-25(18-16-23)34-24-9-5-2-6-10-24/h1-19H,(H,30,33). The molecule has 4 aromatic carbocycles. The Morgan fingerprint density at radius 1 is 0.735 bits per heavy atom. The van der Waals surface area contributed by atoms with Crippen molar-refractivity contribution in [3.63, 3.8) is 0 Å². The molecule has 5 rings (SSSR count). The quantitative estimate of drug-likeness (QED) is 0.288. The van der Waals surface area contributed by atoms with Crippen LogP contribution >= 0.6 is 11.6 Å². The van der Waals surface area contributed by atoms with Crippen molar-refractivity contribution in [2.45, 2.75) is 0 Å². The number of nitrogens with zero attached hydrogens (tertiary/aromatic N) is 2. The lowest BCUT2D eigenvalue weighted by molar-refractivity contribution is 0.251. The number of benzene rings is 4. The molecule has 1 heterocycles. The molecule has 0 fully saturated rings. The summed E-state index contributed by atoms with van der Waals surface area (Å²) in [6.45, 7) is 0. The predicted molar refractivity (Wildman–Crippen MR) is 135 cm³/mol. The topological polar surface area (TPSA) is 56.1 Å². The van der Waals surface area contributed by atoms with Crippen LogP contribution in [0.2, 0.25) is 5.02 Å². The Balaban J connectivity index is 1.39. The van der Waals surface area contributed by atoms with E-state index in [9.17, 15) is 4.79 Å². The van der Waals surface area contributed by atoms with Gasteiger partial charge in [0.1, 0.15) is 17.2 Å². The normalized spacial score (nSPS) is 10.6. The van der Waals surface area contributed by atoms with Gasteiger partial charge >= 0.3 is 6.03 Å². The molecule has 5 nitrogen and oxygen atoms in total. The summed E-state index contributed by atoms with van der Waals surface area (Å²) < 4.78 is 7.13. The zero-order valence-electron chi connectivity index (χ0n) is 18.1. The third-order valence-electron chi connectivity index (χ3n) is 5.21. The maximum atomic E-state index is 13.0. The molecular weight excluding hydrogens is 446 g/mol. The van der Waals surface area contributed by atoms with E-state index in [2.05, 4.69) is 10.4 Å². The van der Waals surface area contributed by atoms with Gasteiger partial charge in [0.25, 0.3) is 0 Å². The Hall–Kier alpha value is -4.35. The molecule has 0 aliphatic carbocycles. The van der Waals surface area contributed by atoms with Crippen molar-refractivity contribution in [3.8, 4) is 33.9 Å². The number of anilines is 1. The van der Waals surface area contributed by atoms with E-state index in [4.69, 9.17) is 16.3 Å². The predicted octanol–water partition coefficient (Wildman–Crippen LogP) is 7.74. The molecule has 0 radical (unpaired) electrons. The first-order chi connectivity index (χ1) is 16.7. The zero-order valence-corrected chi connectivity index (χ0v) is 18.8. The highest BCUT2D eigenvalue weighted by atomic mass is 35.5. The monoisotopic (exact) mass is 465 g/mol. The maximum Gasteiger partial charge on any atom is 0.346 e. The average molecular weight is 466 g/mol. The van der Waals surface area contributed by atoms with Crippen molar-refractivity contribution < 1.29 is 9.53 Å². The number of carbonyl (C=O) groups is 1. The minimum atomic E-state index is -0.367. The van der Waals surface area contributed by atoms with Crippen LogP contribution in [-0.2, 0) is 0 Å². The molecule has 1 aromatic heterocycles. The van der Waals surface area contributed by atoms with E-state index in [-0.39, 0.29) is 6.03 Å². The second-order valence-corrected chi connectivity index (χ2v) is 8.01. The van der Waals surface area contributed by atoms with Gasteiger partial charge in [-0.3, -0.25) is 0 Å². The second-order valence-electron chi connectivity index (χ2n) is 7.58. The van der Waals surface area contributed by atoms with E-state index in [1.165, 1.54) is 4.68 Å². The minimum absolute atomic E-state index is 0.367. The highest BCUT2D eigenvalue weighted by molar-refractivity contribution is 6.30. The number of halogens is 1. The van der Waals surface area contributed by atoms with Crippen LogP contribution in [0.4, 0.5) is 10.5 Å². The molecule has 0 spiro atoms. The number of carbonyl (C=O) groups excluding carboxylic acids is 1. The van der Waals surface area contributed by atoms with E-state index in [0.29, 0.717) is 22.2 Å². The van der Waals surface area contributed by atoms with Gasteiger partial charge in [0.05, 0.1) is 0 Å². The molecule has 0 saturated heterocycles. The van der Waals surface area contributed by atoms with Crippen molar-refractivity contribution in [3.05, 3.63) is 120 Å². The van der Waals surface area contributed by atoms with Crippen LogP contribution in [0, 0.1) is 0 Å². The van der Waals surface area contributed by atoms with E-state index in [0.717, 1.165) is 22.4 Å². The largest absolute Gasteiger partial charge is 0.457 e. The molecule has 0 atom stereocenters. The number of ether oxygens (including phenoxy) is 1. The summed E-state index contributed by atoms with van der Waals surface area (Å²) >= 11 is 6.06. The van der Waals surface area contributed by atoms with Crippen LogP contribution in [-0.4, -0.2) is 15.8 Å². The Labute approximate surface area is 202 Å². The van der Waals surface area contributed by atoms with Gasteiger partial charge in [-0.2, -0.15) is 9.78 Å². The summed E-state index contributed by atoms with van der Waals surface area (Å²) in [5.74, 6) is 1.43. The van der Waals surface area contributed by atoms with E-state index < -0.39 is 0 Å². The molecule has 5 aromatic rings. The highest BCUT2D eigenvalue weighted by Gasteiger charge is 2.17. The molecule has 0 bridgehead atoms. The molecule has 166 valence electrons. The lowest BCUT2D eigenvalue weighted by atomic mass is 10.0. The van der Waals surface area contributed by atoms with Gasteiger partial charge in [0, 0.05) is 28.0 Å². The van der Waals surface area contributed by atoms with Crippen molar-refractivity contribution in [1.29, 1.82) is 0 Å². The fraction of sp³-hybridized carbons (Fsp3) is 0. The molecule has 0 aliphatic rings. The fourth-order valence-corrected chi connectivity index (χ4v) is 3.67. The fourth-order valence-electron chi connectivity index (χ4n) is 3.54. The van der Waals surface area contributed by atoms with E-state index in [1.54, 1.807) is 30.5 Å². The van der Waals surface area contributed by atoms with Crippen molar-refractivity contribution in [1.82, 2.24) is 9.78 Å². The van der Waals surface area contributed by atoms with Crippen LogP contribution < -0.4 is 10.1 Å². The molecule has 0 unspecified atom stereocenters. The Kier molecular flexibility index (Phi) is 6.10. The van der Waals surface area contributed by atoms with Gasteiger partial charge in [-0.25, -0.2) is 4.79 Å². The van der Waals surface area contributed by atoms with Crippen molar-refractivity contribution in [2.75, 3.05) is 5.32 Å². The van der Waals surface area contributed by atoms with Gasteiger partial charge in [-0.1, -0.05) is 72.3 Å². The Bertz CT molecular complexity index is 1400. The summed E-state index contributed by atoms with van der Waals surface area (Å²) in [5.41, 5.74) is 4.02. The number of amides is 1. The van der Waals surface area contributed by atoms with Crippen LogP contribution in [0.15, 0.2) is 115 Å². The first-order valence-electron chi connectivity index (χ1n) is 10.7. The van der Waals surface area contributed by atoms with Crippen LogP contribution in [0.3, 0.4) is 0 Å². The van der Waals surface area contributed by atoms with Crippen LogP contribution in [0.1, 0.15) is 0 Å². The first-order valence-corrected chi connectivity index (χ1v) is 11.1. The smallest absolute Gasteiger partial charge is 0.346 e. The number of para-hydroxylation sites is 1. The minimum Gasteiger partial charge on any atom is -0.457 e. The highest BCUT2D eigenvalue weighted by Crippen LogP contribution is 2.32. The van der Waals surface area contributed by atoms with E-state index >= 15 is 0 Å². The number of rotatable bonds is 5. The molecule has 6 heteroatoms. The summed E-state index contributed by atoms with van der Waals surface area (Å²) in [6, 6.07) is 33.6. The molecule has 0 aliphatic heterocycles. The number of hydrogen-bond donors (Lipinski definition) is 1. The molecular formula is C28H20ClN3O2. The molecule has 34 heavy (non-hydrogen) atoms. The summed E-state index contributed by atoms with van der Waals surface area (Å²) in [5, 5.41) is 8.13. The number of nitrogens with one attached hydrogen (secondary N) is 1. The van der Waals surface area contributed by atoms with Gasteiger partial charge in [0.15, 0.2) is 0 Å². The van der Waals surface area contributed by atoms with E-state index in [1.807, 2.05) is 84.9 Å². The van der Waals surface area contributed by atoms with Gasteiger partial charge in [0.2, 0.25) is 0 Å². The van der Waals surface area contributed by atoms with Crippen molar-refractivity contribution in [2.24, 2.45) is 0 Å². The summed E-state index contributed by atoms with van der Waals surface area (Å²) in [6.07, 6.45) is 1.73. The van der Waals surface area contributed by atoms with Crippen molar-refractivity contribution >= 4 is 23.3 Å².